The van der Waals surface area contributed by atoms with Crippen molar-refractivity contribution in [3.8, 4) is 6.07 Å². The summed E-state index contributed by atoms with van der Waals surface area (Å²) in [5.74, 6) is -1.21. The Labute approximate surface area is 106 Å². The van der Waals surface area contributed by atoms with Crippen molar-refractivity contribution in [1.82, 2.24) is 0 Å². The van der Waals surface area contributed by atoms with Crippen molar-refractivity contribution in [3.05, 3.63) is 22.2 Å². The fourth-order valence-electron chi connectivity index (χ4n) is 0.951. The van der Waals surface area contributed by atoms with Gasteiger partial charge in [-0.05, 0) is 0 Å². The van der Waals surface area contributed by atoms with Crippen molar-refractivity contribution in [2.45, 2.75) is 12.2 Å². The van der Waals surface area contributed by atoms with Gasteiger partial charge < -0.3 is 0 Å². The van der Waals surface area contributed by atoms with Crippen LogP contribution in [-0.2, 0) is 19.1 Å². The molecule has 0 heterocycles. The number of nitriles is 1. The van der Waals surface area contributed by atoms with E-state index in [1.54, 1.807) is 6.07 Å². The van der Waals surface area contributed by atoms with Crippen LogP contribution in [0, 0.1) is 11.3 Å². The number of rotatable bonds is 5. The molecule has 5 nitrogen and oxygen atoms in total. The zero-order chi connectivity index (χ0) is 13.3. The molecular formula is C11H13NO4Se. The first-order chi connectivity index (χ1) is 8.12. The van der Waals surface area contributed by atoms with Gasteiger partial charge >= 0.3 is 106 Å². The van der Waals surface area contributed by atoms with Crippen molar-refractivity contribution in [2.24, 2.45) is 0 Å². The van der Waals surface area contributed by atoms with Crippen LogP contribution in [0.1, 0.15) is 6.92 Å². The Morgan fingerprint density at radius 1 is 1.29 bits per heavy atom. The van der Waals surface area contributed by atoms with E-state index in [9.17, 15) is 9.59 Å². The van der Waals surface area contributed by atoms with Gasteiger partial charge in [0.25, 0.3) is 0 Å². The van der Waals surface area contributed by atoms with Crippen LogP contribution in [-0.4, -0.2) is 41.1 Å². The maximum atomic E-state index is 11.5. The van der Waals surface area contributed by atoms with Gasteiger partial charge in [-0.15, -0.1) is 0 Å². The summed E-state index contributed by atoms with van der Waals surface area (Å²) in [6.45, 7) is 1.89. The minimum atomic E-state index is -0.646. The minimum absolute atomic E-state index is 0.0859. The standard InChI is InChI=1S/C11H13NO4Se/c1-4-17-9(11(14)16-3)8(6-5-7-12)10(13)15-2/h5-6H,4H2,1-3H3/b6-5+,9-8+. The summed E-state index contributed by atoms with van der Waals surface area (Å²) in [7, 11) is 2.47. The molecule has 0 rings (SSSR count). The Balaban J connectivity index is 5.55. The number of hydrogen-bond donors (Lipinski definition) is 0. The molecule has 0 aromatic heterocycles. The van der Waals surface area contributed by atoms with Crippen LogP contribution in [0.2, 0.25) is 5.32 Å². The third-order valence-electron chi connectivity index (χ3n) is 1.63. The molecule has 6 heteroatoms. The van der Waals surface area contributed by atoms with E-state index < -0.39 is 11.9 Å². The monoisotopic (exact) mass is 303 g/mol. The SMILES string of the molecule is CC[Se]/C(C(=O)OC)=C(\C=C\C#N)C(=O)OC. The molecular weight excluding hydrogens is 289 g/mol. The second-order valence-corrected chi connectivity index (χ2v) is 5.29. The second-order valence-electron chi connectivity index (χ2n) is 2.62. The van der Waals surface area contributed by atoms with Crippen LogP contribution in [0.4, 0.5) is 0 Å². The number of nitrogens with zero attached hydrogens (tertiary/aromatic N) is 1. The predicted molar refractivity (Wildman–Crippen MR) is 62.0 cm³/mol. The Kier molecular flexibility index (Phi) is 7.78. The first kappa shape index (κ1) is 15.4. The molecule has 0 amide bonds. The summed E-state index contributed by atoms with van der Waals surface area (Å²) in [5, 5.41) is 9.19. The first-order valence-corrected chi connectivity index (χ1v) is 6.79. The van der Waals surface area contributed by atoms with Crippen LogP contribution in [0.25, 0.3) is 0 Å². The number of carbonyl (C=O) groups is 2. The number of methoxy groups -OCH3 is 2. The molecule has 0 aliphatic carbocycles. The third kappa shape index (κ3) is 4.85. The molecule has 0 spiro atoms. The van der Waals surface area contributed by atoms with Gasteiger partial charge in [0.1, 0.15) is 0 Å². The van der Waals surface area contributed by atoms with E-state index in [0.717, 1.165) is 11.4 Å². The van der Waals surface area contributed by atoms with Crippen molar-refractivity contribution < 1.29 is 19.1 Å². The molecule has 0 saturated carbocycles. The van der Waals surface area contributed by atoms with E-state index in [1.165, 1.54) is 20.3 Å². The van der Waals surface area contributed by atoms with Crippen molar-refractivity contribution in [2.75, 3.05) is 14.2 Å². The molecule has 92 valence electrons. The number of ether oxygens (including phenoxy) is 2. The fourth-order valence-corrected chi connectivity index (χ4v) is 2.62. The van der Waals surface area contributed by atoms with Crippen LogP contribution >= 0.6 is 0 Å². The van der Waals surface area contributed by atoms with E-state index in [2.05, 4.69) is 9.47 Å². The molecule has 0 aliphatic rings. The molecule has 0 saturated heterocycles. The number of allylic oxidation sites excluding steroid dienone is 1. The van der Waals surface area contributed by atoms with E-state index in [4.69, 9.17) is 5.26 Å². The van der Waals surface area contributed by atoms with E-state index in [0.29, 0.717) is 0 Å². The van der Waals surface area contributed by atoms with Gasteiger partial charge in [0, 0.05) is 0 Å². The topological polar surface area (TPSA) is 76.4 Å². The molecule has 0 N–H and O–H groups in total. The van der Waals surface area contributed by atoms with Crippen LogP contribution in [0.15, 0.2) is 22.2 Å². The van der Waals surface area contributed by atoms with Gasteiger partial charge in [-0.3, -0.25) is 0 Å². The number of hydrogen-bond acceptors (Lipinski definition) is 5. The molecule has 0 bridgehead atoms. The summed E-state index contributed by atoms with van der Waals surface area (Å²) < 4.78 is 9.47. The zero-order valence-electron chi connectivity index (χ0n) is 9.85. The van der Waals surface area contributed by atoms with Gasteiger partial charge in [-0.1, -0.05) is 0 Å². The fraction of sp³-hybridized carbons (Fsp3) is 0.364. The average Bonchev–Trinajstić information content (AvgIpc) is 2.36. The predicted octanol–water partition coefficient (Wildman–Crippen LogP) is 0.809. The van der Waals surface area contributed by atoms with Crippen molar-refractivity contribution in [3.63, 3.8) is 0 Å². The molecule has 0 aliphatic heterocycles. The van der Waals surface area contributed by atoms with Gasteiger partial charge in [-0.2, -0.15) is 0 Å². The van der Waals surface area contributed by atoms with Crippen LogP contribution < -0.4 is 0 Å². The average molecular weight is 302 g/mol. The van der Waals surface area contributed by atoms with Crippen LogP contribution in [0.3, 0.4) is 0 Å². The van der Waals surface area contributed by atoms with Crippen LogP contribution in [0.5, 0.6) is 0 Å². The number of carbonyl (C=O) groups excluding carboxylic acids is 2. The summed E-state index contributed by atoms with van der Waals surface area (Å²) in [4.78, 5) is 23.1. The molecule has 0 radical (unpaired) electrons. The van der Waals surface area contributed by atoms with Crippen molar-refractivity contribution in [1.29, 1.82) is 5.26 Å². The quantitative estimate of drug-likeness (QED) is 0.247. The summed E-state index contributed by atoms with van der Waals surface area (Å²) in [5.41, 5.74) is 0.0859. The molecule has 0 fully saturated rings. The van der Waals surface area contributed by atoms with E-state index in [1.807, 2.05) is 6.92 Å². The summed E-state index contributed by atoms with van der Waals surface area (Å²) in [6, 6.07) is 1.76. The van der Waals surface area contributed by atoms with E-state index >= 15 is 0 Å². The maximum absolute atomic E-state index is 11.5. The molecule has 0 aromatic carbocycles. The Bertz CT molecular complexity index is 393. The third-order valence-corrected chi connectivity index (χ3v) is 3.66. The summed E-state index contributed by atoms with van der Waals surface area (Å²) >= 11 is -0.198. The summed E-state index contributed by atoms with van der Waals surface area (Å²) in [6.07, 6.45) is 2.40. The normalized spacial score (nSPS) is 11.6. The Hall–Kier alpha value is -1.57. The van der Waals surface area contributed by atoms with Crippen molar-refractivity contribution >= 4 is 26.9 Å². The molecule has 17 heavy (non-hydrogen) atoms. The molecule has 0 unspecified atom stereocenters. The second kappa shape index (κ2) is 8.57. The molecule has 0 atom stereocenters. The number of esters is 2. The van der Waals surface area contributed by atoms with E-state index in [-0.39, 0.29) is 25.0 Å². The molecule has 0 aromatic rings. The van der Waals surface area contributed by atoms with Gasteiger partial charge in [-0.25, -0.2) is 0 Å². The first-order valence-electron chi connectivity index (χ1n) is 4.72. The Morgan fingerprint density at radius 3 is 2.29 bits per heavy atom. The van der Waals surface area contributed by atoms with Gasteiger partial charge in [0.05, 0.1) is 0 Å². The van der Waals surface area contributed by atoms with Gasteiger partial charge in [0.2, 0.25) is 0 Å². The Morgan fingerprint density at radius 2 is 1.88 bits per heavy atom. The zero-order valence-corrected chi connectivity index (χ0v) is 11.6. The van der Waals surface area contributed by atoms with Gasteiger partial charge in [0.15, 0.2) is 0 Å².